The zero-order valence-corrected chi connectivity index (χ0v) is 10.4. The fourth-order valence-corrected chi connectivity index (χ4v) is 1.81. The van der Waals surface area contributed by atoms with E-state index in [0.29, 0.717) is 5.56 Å². The van der Waals surface area contributed by atoms with E-state index in [2.05, 4.69) is 0 Å². The molecule has 2 rings (SSSR count). The number of aryl methyl sites for hydroxylation is 2. The molecule has 0 radical (unpaired) electrons. The van der Waals surface area contributed by atoms with Gasteiger partial charge in [0, 0.05) is 5.56 Å². The van der Waals surface area contributed by atoms with Crippen LogP contribution in [-0.2, 0) is 0 Å². The van der Waals surface area contributed by atoms with Crippen molar-refractivity contribution in [2.75, 3.05) is 0 Å². The van der Waals surface area contributed by atoms with Gasteiger partial charge in [0.05, 0.1) is 5.56 Å². The highest BCUT2D eigenvalue weighted by Crippen LogP contribution is 2.21. The molecule has 4 heteroatoms. The quantitative estimate of drug-likeness (QED) is 0.750. The maximum Gasteiger partial charge on any atom is 0.196 e. The predicted molar refractivity (Wildman–Crippen MR) is 65.7 cm³/mol. The highest BCUT2D eigenvalue weighted by atomic mass is 19.2. The molecule has 98 valence electrons. The summed E-state index contributed by atoms with van der Waals surface area (Å²) in [4.78, 5) is 12.1. The maximum absolute atomic E-state index is 13.7. The average molecular weight is 264 g/mol. The Kier molecular flexibility index (Phi) is 3.42. The Morgan fingerprint density at radius 3 is 2.16 bits per heavy atom. The normalized spacial score (nSPS) is 10.6. The van der Waals surface area contributed by atoms with E-state index >= 15 is 0 Å². The van der Waals surface area contributed by atoms with Crippen LogP contribution in [0.3, 0.4) is 0 Å². The number of hydrogen-bond acceptors (Lipinski definition) is 1. The zero-order valence-electron chi connectivity index (χ0n) is 10.4. The largest absolute Gasteiger partial charge is 0.288 e. The highest BCUT2D eigenvalue weighted by Gasteiger charge is 2.20. The van der Waals surface area contributed by atoms with Crippen LogP contribution in [0.15, 0.2) is 30.3 Å². The number of hydrogen-bond donors (Lipinski definition) is 0. The van der Waals surface area contributed by atoms with Gasteiger partial charge >= 0.3 is 0 Å². The molecule has 0 amide bonds. The molecular weight excluding hydrogens is 253 g/mol. The van der Waals surface area contributed by atoms with E-state index in [4.69, 9.17) is 0 Å². The van der Waals surface area contributed by atoms with Gasteiger partial charge in [0.25, 0.3) is 0 Å². The molecule has 0 atom stereocenters. The van der Waals surface area contributed by atoms with Crippen molar-refractivity contribution in [3.63, 3.8) is 0 Å². The predicted octanol–water partition coefficient (Wildman–Crippen LogP) is 3.95. The van der Waals surface area contributed by atoms with E-state index in [0.717, 1.165) is 6.07 Å². The Morgan fingerprint density at radius 1 is 0.842 bits per heavy atom. The van der Waals surface area contributed by atoms with Crippen LogP contribution in [0.1, 0.15) is 27.0 Å². The van der Waals surface area contributed by atoms with Gasteiger partial charge in [-0.3, -0.25) is 4.79 Å². The minimum absolute atomic E-state index is 0.0298. The average Bonchev–Trinajstić information content (AvgIpc) is 2.38. The van der Waals surface area contributed by atoms with Crippen LogP contribution in [0.5, 0.6) is 0 Å². The lowest BCUT2D eigenvalue weighted by Crippen LogP contribution is -2.09. The molecule has 0 aliphatic heterocycles. The van der Waals surface area contributed by atoms with Crippen LogP contribution < -0.4 is 0 Å². The van der Waals surface area contributed by atoms with Gasteiger partial charge in [0.2, 0.25) is 0 Å². The number of halogens is 3. The molecule has 0 N–H and O–H groups in total. The Balaban J connectivity index is 2.56. The zero-order chi connectivity index (χ0) is 14.2. The second kappa shape index (κ2) is 4.88. The molecule has 1 nitrogen and oxygen atoms in total. The highest BCUT2D eigenvalue weighted by molar-refractivity contribution is 6.10. The van der Waals surface area contributed by atoms with Crippen molar-refractivity contribution < 1.29 is 18.0 Å². The van der Waals surface area contributed by atoms with Crippen LogP contribution in [0.4, 0.5) is 13.2 Å². The van der Waals surface area contributed by atoms with Gasteiger partial charge in [-0.15, -0.1) is 0 Å². The number of carbonyl (C=O) groups excluding carboxylic acids is 1. The second-order valence-corrected chi connectivity index (χ2v) is 4.35. The van der Waals surface area contributed by atoms with Crippen molar-refractivity contribution in [3.8, 4) is 0 Å². The van der Waals surface area contributed by atoms with Gasteiger partial charge in [-0.25, -0.2) is 13.2 Å². The number of rotatable bonds is 2. The van der Waals surface area contributed by atoms with E-state index < -0.39 is 28.8 Å². The van der Waals surface area contributed by atoms with E-state index in [9.17, 15) is 18.0 Å². The number of ketones is 1. The van der Waals surface area contributed by atoms with Gasteiger partial charge in [-0.2, -0.15) is 0 Å². The SMILES string of the molecule is Cc1ccc(F)cc1C(=O)c1ccc(C)c(F)c1F. The van der Waals surface area contributed by atoms with Gasteiger partial charge in [0.1, 0.15) is 5.82 Å². The van der Waals surface area contributed by atoms with Crippen molar-refractivity contribution in [3.05, 3.63) is 70.0 Å². The summed E-state index contributed by atoms with van der Waals surface area (Å²) >= 11 is 0. The first kappa shape index (κ1) is 13.3. The molecule has 2 aromatic rings. The first-order valence-electron chi connectivity index (χ1n) is 5.67. The van der Waals surface area contributed by atoms with Gasteiger partial charge in [-0.1, -0.05) is 12.1 Å². The minimum Gasteiger partial charge on any atom is -0.288 e. The van der Waals surface area contributed by atoms with Crippen LogP contribution in [0, 0.1) is 31.3 Å². The first-order chi connectivity index (χ1) is 8.91. The summed E-state index contributed by atoms with van der Waals surface area (Å²) in [6.45, 7) is 3.01. The molecule has 19 heavy (non-hydrogen) atoms. The molecule has 0 spiro atoms. The fourth-order valence-electron chi connectivity index (χ4n) is 1.81. The molecular formula is C15H11F3O. The lowest BCUT2D eigenvalue weighted by atomic mass is 9.97. The third-order valence-electron chi connectivity index (χ3n) is 2.96. The van der Waals surface area contributed by atoms with Crippen LogP contribution >= 0.6 is 0 Å². The molecule has 0 aliphatic rings. The van der Waals surface area contributed by atoms with E-state index in [1.807, 2.05) is 0 Å². The summed E-state index contributed by atoms with van der Waals surface area (Å²) in [5.74, 6) is -3.58. The maximum atomic E-state index is 13.7. The molecule has 0 bridgehead atoms. The third-order valence-corrected chi connectivity index (χ3v) is 2.96. The molecule has 0 saturated heterocycles. The van der Waals surface area contributed by atoms with E-state index in [1.165, 1.54) is 31.2 Å². The monoisotopic (exact) mass is 264 g/mol. The van der Waals surface area contributed by atoms with Gasteiger partial charge < -0.3 is 0 Å². The van der Waals surface area contributed by atoms with E-state index in [1.54, 1.807) is 6.92 Å². The fraction of sp³-hybridized carbons (Fsp3) is 0.133. The lowest BCUT2D eigenvalue weighted by Gasteiger charge is -2.08. The molecule has 0 fully saturated rings. The summed E-state index contributed by atoms with van der Waals surface area (Å²) in [7, 11) is 0. The van der Waals surface area contributed by atoms with Crippen molar-refractivity contribution in [2.45, 2.75) is 13.8 Å². The van der Waals surface area contributed by atoms with Crippen LogP contribution in [-0.4, -0.2) is 5.78 Å². The van der Waals surface area contributed by atoms with Crippen LogP contribution in [0.25, 0.3) is 0 Å². The molecule has 0 aromatic heterocycles. The second-order valence-electron chi connectivity index (χ2n) is 4.35. The van der Waals surface area contributed by atoms with Crippen molar-refractivity contribution >= 4 is 5.78 Å². The smallest absolute Gasteiger partial charge is 0.196 e. The third kappa shape index (κ3) is 2.38. The van der Waals surface area contributed by atoms with Gasteiger partial charge in [-0.05, 0) is 43.2 Å². The first-order valence-corrected chi connectivity index (χ1v) is 5.67. The molecule has 0 saturated carbocycles. The van der Waals surface area contributed by atoms with Crippen molar-refractivity contribution in [1.82, 2.24) is 0 Å². The summed E-state index contributed by atoms with van der Waals surface area (Å²) in [6, 6.07) is 6.18. The standard InChI is InChI=1S/C15H11F3O/c1-8-3-5-10(16)7-12(8)15(19)11-6-4-9(2)13(17)14(11)18/h3-7H,1-2H3. The summed E-state index contributed by atoms with van der Waals surface area (Å²) in [5, 5.41) is 0. The minimum atomic E-state index is -1.20. The molecule has 0 heterocycles. The summed E-state index contributed by atoms with van der Waals surface area (Å²) in [5.41, 5.74) is 0.260. The molecule has 2 aromatic carbocycles. The van der Waals surface area contributed by atoms with Crippen molar-refractivity contribution in [1.29, 1.82) is 0 Å². The van der Waals surface area contributed by atoms with Crippen molar-refractivity contribution in [2.24, 2.45) is 0 Å². The topological polar surface area (TPSA) is 17.1 Å². The number of carbonyl (C=O) groups is 1. The van der Waals surface area contributed by atoms with Crippen LogP contribution in [0.2, 0.25) is 0 Å². The molecule has 0 aliphatic carbocycles. The summed E-state index contributed by atoms with van der Waals surface area (Å²) in [6.07, 6.45) is 0. The Hall–Kier alpha value is -2.10. The Morgan fingerprint density at radius 2 is 1.47 bits per heavy atom. The summed E-state index contributed by atoms with van der Waals surface area (Å²) < 4.78 is 40.3. The Bertz CT molecular complexity index is 663. The Labute approximate surface area is 108 Å². The van der Waals surface area contributed by atoms with E-state index in [-0.39, 0.29) is 11.1 Å². The number of benzene rings is 2. The molecule has 0 unspecified atom stereocenters. The van der Waals surface area contributed by atoms with Gasteiger partial charge in [0.15, 0.2) is 17.4 Å². The lowest BCUT2D eigenvalue weighted by molar-refractivity contribution is 0.103.